The number of carbonyl (C=O) groups is 1. The number of thiazole rings is 1. The van der Waals surface area contributed by atoms with Gasteiger partial charge in [-0.05, 0) is 30.3 Å². The monoisotopic (exact) mass is 483 g/mol. The van der Waals surface area contributed by atoms with E-state index in [4.69, 9.17) is 16.3 Å². The molecule has 1 N–H and O–H groups in total. The second kappa shape index (κ2) is 9.21. The summed E-state index contributed by atoms with van der Waals surface area (Å²) >= 11 is 9.02. The zero-order valence-corrected chi connectivity index (χ0v) is 18.9. The predicted molar refractivity (Wildman–Crippen MR) is 120 cm³/mol. The smallest absolute Gasteiger partial charge is 0.244 e. The summed E-state index contributed by atoms with van der Waals surface area (Å²) in [5.74, 6) is -0.0927. The van der Waals surface area contributed by atoms with E-state index in [1.54, 1.807) is 6.07 Å². The highest BCUT2D eigenvalue weighted by molar-refractivity contribution is 8.01. The van der Waals surface area contributed by atoms with Crippen molar-refractivity contribution >= 4 is 66.5 Å². The van der Waals surface area contributed by atoms with Crippen LogP contribution in [0.1, 0.15) is 0 Å². The molecule has 7 nitrogen and oxygen atoms in total. The predicted octanol–water partition coefficient (Wildman–Crippen LogP) is 3.70. The highest BCUT2D eigenvalue weighted by Gasteiger charge is 2.28. The Bertz CT molecular complexity index is 1140. The molecule has 1 aliphatic heterocycles. The Balaban J connectivity index is 1.44. The maximum absolute atomic E-state index is 12.9. The normalized spacial score (nSPS) is 15.4. The number of morpholine rings is 1. The molecule has 0 unspecified atom stereocenters. The number of ether oxygens (including phenoxy) is 1. The fourth-order valence-corrected chi connectivity index (χ4v) is 6.72. The molecule has 1 fully saturated rings. The lowest BCUT2D eigenvalue weighted by Gasteiger charge is -2.26. The van der Waals surface area contributed by atoms with Crippen LogP contribution < -0.4 is 5.32 Å². The molecule has 2 aromatic carbocycles. The minimum absolute atomic E-state index is 0.0253. The molecule has 1 aliphatic rings. The lowest BCUT2D eigenvalue weighted by Crippen LogP contribution is -2.40. The van der Waals surface area contributed by atoms with Crippen molar-refractivity contribution < 1.29 is 17.9 Å². The van der Waals surface area contributed by atoms with Crippen LogP contribution in [0, 0.1) is 0 Å². The molecule has 4 rings (SSSR count). The average molecular weight is 484 g/mol. The number of rotatable bonds is 6. The Kier molecular flexibility index (Phi) is 6.61. The first kappa shape index (κ1) is 21.5. The number of benzene rings is 2. The van der Waals surface area contributed by atoms with Gasteiger partial charge in [0, 0.05) is 18.8 Å². The number of thioether (sulfide) groups is 1. The lowest BCUT2D eigenvalue weighted by atomic mass is 10.3. The summed E-state index contributed by atoms with van der Waals surface area (Å²) < 4.78 is 34.2. The quantitative estimate of drug-likeness (QED) is 0.538. The largest absolute Gasteiger partial charge is 0.379 e. The van der Waals surface area contributed by atoms with Crippen LogP contribution in [-0.4, -0.2) is 55.7 Å². The van der Waals surface area contributed by atoms with Gasteiger partial charge in [-0.25, -0.2) is 13.4 Å². The maximum atomic E-state index is 12.9. The third kappa shape index (κ3) is 4.79. The number of nitrogens with one attached hydrogen (secondary N) is 1. The third-order valence-corrected chi connectivity index (χ3v) is 8.96. The molecule has 0 bridgehead atoms. The Morgan fingerprint density at radius 3 is 2.77 bits per heavy atom. The van der Waals surface area contributed by atoms with E-state index in [1.807, 2.05) is 24.3 Å². The minimum Gasteiger partial charge on any atom is -0.379 e. The molecular weight excluding hydrogens is 466 g/mol. The Labute approximate surface area is 187 Å². The van der Waals surface area contributed by atoms with E-state index in [0.29, 0.717) is 18.9 Å². The van der Waals surface area contributed by atoms with Crippen molar-refractivity contribution in [3.8, 4) is 0 Å². The van der Waals surface area contributed by atoms with E-state index in [9.17, 15) is 13.2 Å². The lowest BCUT2D eigenvalue weighted by molar-refractivity contribution is -0.113. The highest BCUT2D eigenvalue weighted by atomic mass is 35.5. The molecule has 0 spiro atoms. The Morgan fingerprint density at radius 2 is 2.00 bits per heavy atom. The molecule has 158 valence electrons. The molecule has 0 atom stereocenters. The van der Waals surface area contributed by atoms with Crippen molar-refractivity contribution in [1.29, 1.82) is 0 Å². The van der Waals surface area contributed by atoms with E-state index >= 15 is 0 Å². The molecule has 2 heterocycles. The van der Waals surface area contributed by atoms with Crippen LogP contribution >= 0.6 is 34.7 Å². The number of carbonyl (C=O) groups excluding carboxylic acids is 1. The number of hydrogen-bond donors (Lipinski definition) is 1. The first-order chi connectivity index (χ1) is 14.4. The summed E-state index contributed by atoms with van der Waals surface area (Å²) in [6, 6.07) is 12.2. The molecule has 0 aliphatic carbocycles. The van der Waals surface area contributed by atoms with E-state index in [-0.39, 0.29) is 34.7 Å². The molecule has 3 aromatic rings. The first-order valence-electron chi connectivity index (χ1n) is 9.09. The van der Waals surface area contributed by atoms with Gasteiger partial charge in [-0.1, -0.05) is 35.5 Å². The number of nitrogens with zero attached hydrogens (tertiary/aromatic N) is 2. The van der Waals surface area contributed by atoms with Crippen LogP contribution in [-0.2, 0) is 19.6 Å². The summed E-state index contributed by atoms with van der Waals surface area (Å²) in [4.78, 5) is 16.8. The van der Waals surface area contributed by atoms with Gasteiger partial charge in [-0.2, -0.15) is 4.31 Å². The number of hydrogen-bond acceptors (Lipinski definition) is 7. The van der Waals surface area contributed by atoms with Crippen LogP contribution in [0.25, 0.3) is 10.2 Å². The maximum Gasteiger partial charge on any atom is 0.244 e. The number of para-hydroxylation sites is 1. The van der Waals surface area contributed by atoms with Crippen molar-refractivity contribution in [3.05, 3.63) is 47.5 Å². The molecule has 0 saturated carbocycles. The molecule has 30 heavy (non-hydrogen) atoms. The number of anilines is 1. The molecular formula is C19H18ClN3O4S3. The zero-order valence-electron chi connectivity index (χ0n) is 15.7. The van der Waals surface area contributed by atoms with Gasteiger partial charge in [-0.15, -0.1) is 11.3 Å². The van der Waals surface area contributed by atoms with E-state index in [0.717, 1.165) is 14.6 Å². The van der Waals surface area contributed by atoms with Gasteiger partial charge in [0.2, 0.25) is 15.9 Å². The van der Waals surface area contributed by atoms with Crippen molar-refractivity contribution in [2.24, 2.45) is 0 Å². The van der Waals surface area contributed by atoms with Gasteiger partial charge in [0.25, 0.3) is 0 Å². The number of sulfonamides is 1. The van der Waals surface area contributed by atoms with Crippen LogP contribution in [0.2, 0.25) is 5.02 Å². The zero-order chi connectivity index (χ0) is 21.1. The van der Waals surface area contributed by atoms with Gasteiger partial charge >= 0.3 is 0 Å². The number of amides is 1. The minimum atomic E-state index is -3.76. The van der Waals surface area contributed by atoms with Gasteiger partial charge in [-0.3, -0.25) is 4.79 Å². The fraction of sp³-hybridized carbons (Fsp3) is 0.263. The summed E-state index contributed by atoms with van der Waals surface area (Å²) in [5, 5.41) is 2.85. The molecule has 1 aromatic heterocycles. The summed E-state index contributed by atoms with van der Waals surface area (Å²) in [6.45, 7) is 1.23. The van der Waals surface area contributed by atoms with Crippen LogP contribution in [0.3, 0.4) is 0 Å². The highest BCUT2D eigenvalue weighted by Crippen LogP contribution is 2.30. The van der Waals surface area contributed by atoms with E-state index in [2.05, 4.69) is 10.3 Å². The van der Waals surface area contributed by atoms with Gasteiger partial charge < -0.3 is 10.1 Å². The summed E-state index contributed by atoms with van der Waals surface area (Å²) in [5.41, 5.74) is 1.28. The van der Waals surface area contributed by atoms with Crippen molar-refractivity contribution in [2.75, 3.05) is 37.4 Å². The van der Waals surface area contributed by atoms with E-state index in [1.165, 1.54) is 39.5 Å². The standard InChI is InChI=1S/C19H18ClN3O4S3/c20-14-6-5-13(11-17(14)30(25,26)23-7-9-27-10-8-23)21-18(24)12-28-19-22-15-3-1-2-4-16(15)29-19/h1-6,11H,7-10,12H2,(H,21,24). The molecule has 0 radical (unpaired) electrons. The second-order valence-electron chi connectivity index (χ2n) is 6.45. The number of aromatic nitrogens is 1. The van der Waals surface area contributed by atoms with Crippen LogP contribution in [0.4, 0.5) is 5.69 Å². The average Bonchev–Trinajstić information content (AvgIpc) is 3.17. The van der Waals surface area contributed by atoms with Crippen molar-refractivity contribution in [1.82, 2.24) is 9.29 Å². The topological polar surface area (TPSA) is 88.6 Å². The fourth-order valence-electron chi connectivity index (χ4n) is 2.94. The van der Waals surface area contributed by atoms with Gasteiger partial charge in [0.1, 0.15) is 4.90 Å². The molecule has 11 heteroatoms. The Morgan fingerprint density at radius 1 is 1.23 bits per heavy atom. The summed E-state index contributed by atoms with van der Waals surface area (Å²) in [7, 11) is -3.76. The van der Waals surface area contributed by atoms with Crippen LogP contribution in [0.5, 0.6) is 0 Å². The SMILES string of the molecule is O=C(CSc1nc2ccccc2s1)Nc1ccc(Cl)c(S(=O)(=O)N2CCOCC2)c1. The van der Waals surface area contributed by atoms with Gasteiger partial charge in [0.05, 0.1) is 34.2 Å². The summed E-state index contributed by atoms with van der Waals surface area (Å²) in [6.07, 6.45) is 0. The third-order valence-electron chi connectivity index (χ3n) is 4.40. The molecule has 1 saturated heterocycles. The first-order valence-corrected chi connectivity index (χ1v) is 12.7. The van der Waals surface area contributed by atoms with E-state index < -0.39 is 10.0 Å². The van der Waals surface area contributed by atoms with Crippen molar-refractivity contribution in [3.63, 3.8) is 0 Å². The molecule has 1 amide bonds. The number of fused-ring (bicyclic) bond motifs is 1. The Hall–Kier alpha value is -1.69. The number of halogens is 1. The van der Waals surface area contributed by atoms with Crippen molar-refractivity contribution in [2.45, 2.75) is 9.24 Å². The van der Waals surface area contributed by atoms with Gasteiger partial charge in [0.15, 0.2) is 4.34 Å². The second-order valence-corrected chi connectivity index (χ2v) is 11.0. The van der Waals surface area contributed by atoms with Crippen LogP contribution in [0.15, 0.2) is 51.7 Å².